The fourth-order valence-electron chi connectivity index (χ4n) is 2.61. The third-order valence-electron chi connectivity index (χ3n) is 3.03. The smallest absolute Gasteiger partial charge is 0.0111 e. The number of fused-ring (bicyclic) bond motifs is 2. The van der Waals surface area contributed by atoms with E-state index in [-0.39, 0.29) is 0 Å². The molecule has 2 fully saturated rings. The monoisotopic (exact) mass is 154 g/mol. The summed E-state index contributed by atoms with van der Waals surface area (Å²) in [5.74, 6) is 0.934. The van der Waals surface area contributed by atoms with Gasteiger partial charge in [-0.2, -0.15) is 0 Å². The van der Waals surface area contributed by atoms with E-state index in [2.05, 4.69) is 24.3 Å². The summed E-state index contributed by atoms with van der Waals surface area (Å²) in [5.41, 5.74) is 0. The highest BCUT2D eigenvalue weighted by atomic mass is 15.1. The van der Waals surface area contributed by atoms with Crippen molar-refractivity contribution in [1.82, 2.24) is 10.2 Å². The highest BCUT2D eigenvalue weighted by Gasteiger charge is 2.38. The minimum atomic E-state index is 0.849. The predicted octanol–water partition coefficient (Wildman–Crippen LogP) is 0.688. The first-order valence-corrected chi connectivity index (χ1v) is 4.66. The second kappa shape index (κ2) is 2.76. The molecule has 3 atom stereocenters. The molecular formula is C9H18N2. The largest absolute Gasteiger partial charge is 0.311 e. The first kappa shape index (κ1) is 7.56. The van der Waals surface area contributed by atoms with Gasteiger partial charge in [0.05, 0.1) is 0 Å². The van der Waals surface area contributed by atoms with Crippen molar-refractivity contribution >= 4 is 0 Å². The van der Waals surface area contributed by atoms with Gasteiger partial charge < -0.3 is 10.2 Å². The summed E-state index contributed by atoms with van der Waals surface area (Å²) in [4.78, 5) is 2.31. The Morgan fingerprint density at radius 1 is 1.36 bits per heavy atom. The number of nitrogens with one attached hydrogen (secondary N) is 1. The molecule has 64 valence electrons. The quantitative estimate of drug-likeness (QED) is 0.629. The Kier molecular flexibility index (Phi) is 1.90. The molecule has 0 amide bonds. The van der Waals surface area contributed by atoms with Crippen LogP contribution in [0.4, 0.5) is 0 Å². The van der Waals surface area contributed by atoms with Crippen LogP contribution < -0.4 is 5.32 Å². The van der Waals surface area contributed by atoms with Gasteiger partial charge in [-0.3, -0.25) is 0 Å². The van der Waals surface area contributed by atoms with Crippen LogP contribution in [0.25, 0.3) is 0 Å². The topological polar surface area (TPSA) is 15.3 Å². The van der Waals surface area contributed by atoms with E-state index in [9.17, 15) is 0 Å². The number of nitrogens with zero attached hydrogens (tertiary/aromatic N) is 1. The average Bonchev–Trinajstić information content (AvgIpc) is 2.45. The Balaban J connectivity index is 1.87. The molecule has 0 spiro atoms. The average molecular weight is 154 g/mol. The van der Waals surface area contributed by atoms with Gasteiger partial charge in [0.15, 0.2) is 0 Å². The van der Waals surface area contributed by atoms with Crippen molar-refractivity contribution in [2.45, 2.75) is 31.3 Å². The second-order valence-electron chi connectivity index (χ2n) is 4.31. The van der Waals surface area contributed by atoms with E-state index in [1.807, 2.05) is 0 Å². The zero-order chi connectivity index (χ0) is 7.84. The van der Waals surface area contributed by atoms with E-state index in [1.165, 1.54) is 25.8 Å². The lowest BCUT2D eigenvalue weighted by atomic mass is 9.89. The van der Waals surface area contributed by atoms with E-state index in [0.29, 0.717) is 0 Å². The molecule has 2 bridgehead atoms. The SMILES string of the molecule is CN(C)CC1CC2CCC1N2. The summed E-state index contributed by atoms with van der Waals surface area (Å²) in [7, 11) is 4.35. The molecule has 0 aromatic heterocycles. The van der Waals surface area contributed by atoms with Crippen LogP contribution in [0, 0.1) is 5.92 Å². The third-order valence-corrected chi connectivity index (χ3v) is 3.03. The molecule has 2 saturated heterocycles. The zero-order valence-corrected chi connectivity index (χ0v) is 7.51. The molecule has 2 aliphatic rings. The van der Waals surface area contributed by atoms with E-state index < -0.39 is 0 Å². The Hall–Kier alpha value is -0.0800. The van der Waals surface area contributed by atoms with Gasteiger partial charge in [-0.15, -0.1) is 0 Å². The van der Waals surface area contributed by atoms with E-state index in [4.69, 9.17) is 0 Å². The van der Waals surface area contributed by atoms with E-state index >= 15 is 0 Å². The lowest BCUT2D eigenvalue weighted by Gasteiger charge is -2.23. The van der Waals surface area contributed by atoms with Crippen molar-refractivity contribution in [3.05, 3.63) is 0 Å². The summed E-state index contributed by atoms with van der Waals surface area (Å²) < 4.78 is 0. The highest BCUT2D eigenvalue weighted by Crippen LogP contribution is 2.33. The molecule has 2 rings (SSSR count). The predicted molar refractivity (Wildman–Crippen MR) is 46.6 cm³/mol. The maximum Gasteiger partial charge on any atom is 0.0111 e. The zero-order valence-electron chi connectivity index (χ0n) is 7.51. The number of hydrogen-bond donors (Lipinski definition) is 1. The Morgan fingerprint density at radius 3 is 2.64 bits per heavy atom. The normalized spacial score (nSPS) is 42.3. The van der Waals surface area contributed by atoms with Gasteiger partial charge in [-0.1, -0.05) is 0 Å². The minimum Gasteiger partial charge on any atom is -0.311 e. The van der Waals surface area contributed by atoms with Gasteiger partial charge in [0.1, 0.15) is 0 Å². The number of hydrogen-bond acceptors (Lipinski definition) is 2. The standard InChI is InChI=1S/C9H18N2/c1-11(2)6-7-5-8-3-4-9(7)10-8/h7-10H,3-6H2,1-2H3. The molecule has 2 heterocycles. The maximum atomic E-state index is 3.66. The molecule has 2 aliphatic heterocycles. The van der Waals surface area contributed by atoms with Gasteiger partial charge in [-0.05, 0) is 39.3 Å². The molecule has 11 heavy (non-hydrogen) atoms. The van der Waals surface area contributed by atoms with Crippen molar-refractivity contribution < 1.29 is 0 Å². The van der Waals surface area contributed by atoms with Crippen LogP contribution in [0.5, 0.6) is 0 Å². The van der Waals surface area contributed by atoms with Crippen LogP contribution >= 0.6 is 0 Å². The highest BCUT2D eigenvalue weighted by molar-refractivity contribution is 4.97. The summed E-state index contributed by atoms with van der Waals surface area (Å²) in [6.07, 6.45) is 4.26. The van der Waals surface area contributed by atoms with Crippen molar-refractivity contribution in [2.24, 2.45) is 5.92 Å². The Bertz CT molecular complexity index is 144. The van der Waals surface area contributed by atoms with Crippen molar-refractivity contribution in [3.63, 3.8) is 0 Å². The molecule has 0 aliphatic carbocycles. The van der Waals surface area contributed by atoms with Crippen LogP contribution in [0.2, 0.25) is 0 Å². The van der Waals surface area contributed by atoms with Crippen LogP contribution in [0.3, 0.4) is 0 Å². The molecule has 0 saturated carbocycles. The van der Waals surface area contributed by atoms with E-state index in [1.54, 1.807) is 0 Å². The van der Waals surface area contributed by atoms with Crippen LogP contribution in [0.1, 0.15) is 19.3 Å². The summed E-state index contributed by atoms with van der Waals surface area (Å²) >= 11 is 0. The second-order valence-corrected chi connectivity index (χ2v) is 4.31. The van der Waals surface area contributed by atoms with Crippen LogP contribution in [-0.4, -0.2) is 37.6 Å². The number of rotatable bonds is 2. The molecule has 0 radical (unpaired) electrons. The molecule has 0 aromatic carbocycles. The van der Waals surface area contributed by atoms with Gasteiger partial charge in [-0.25, -0.2) is 0 Å². The Labute approximate surface area is 69.0 Å². The van der Waals surface area contributed by atoms with Gasteiger partial charge in [0.2, 0.25) is 0 Å². The summed E-state index contributed by atoms with van der Waals surface area (Å²) in [6, 6.07) is 1.72. The molecule has 0 aromatic rings. The first-order chi connectivity index (χ1) is 5.25. The van der Waals surface area contributed by atoms with Crippen molar-refractivity contribution in [2.75, 3.05) is 20.6 Å². The molecule has 3 unspecified atom stereocenters. The minimum absolute atomic E-state index is 0.849. The van der Waals surface area contributed by atoms with Gasteiger partial charge in [0.25, 0.3) is 0 Å². The Morgan fingerprint density at radius 2 is 2.18 bits per heavy atom. The van der Waals surface area contributed by atoms with E-state index in [0.717, 1.165) is 18.0 Å². The fraction of sp³-hybridized carbons (Fsp3) is 1.00. The van der Waals surface area contributed by atoms with Crippen molar-refractivity contribution in [1.29, 1.82) is 0 Å². The van der Waals surface area contributed by atoms with Crippen molar-refractivity contribution in [3.8, 4) is 0 Å². The first-order valence-electron chi connectivity index (χ1n) is 4.66. The summed E-state index contributed by atoms with van der Waals surface area (Å²) in [5, 5.41) is 3.66. The van der Waals surface area contributed by atoms with Crippen LogP contribution in [-0.2, 0) is 0 Å². The molecule has 1 N–H and O–H groups in total. The lowest BCUT2D eigenvalue weighted by Crippen LogP contribution is -2.30. The molecule has 2 nitrogen and oxygen atoms in total. The molecule has 2 heteroatoms. The molecular weight excluding hydrogens is 136 g/mol. The van der Waals surface area contributed by atoms with Crippen LogP contribution in [0.15, 0.2) is 0 Å². The van der Waals surface area contributed by atoms with Gasteiger partial charge >= 0.3 is 0 Å². The maximum absolute atomic E-state index is 3.66. The lowest BCUT2D eigenvalue weighted by molar-refractivity contribution is 0.285. The summed E-state index contributed by atoms with van der Waals surface area (Å²) in [6.45, 7) is 1.27. The van der Waals surface area contributed by atoms with Gasteiger partial charge in [0, 0.05) is 18.6 Å². The third kappa shape index (κ3) is 1.42. The fourth-order valence-corrected chi connectivity index (χ4v) is 2.61.